The lowest BCUT2D eigenvalue weighted by Crippen LogP contribution is -2.32. The molecule has 5 nitrogen and oxygen atoms in total. The number of rotatable bonds is 8. The van der Waals surface area contributed by atoms with Crippen molar-refractivity contribution in [3.05, 3.63) is 30.9 Å². The van der Waals surface area contributed by atoms with Gasteiger partial charge in [0, 0.05) is 19.2 Å². The molecule has 0 amide bonds. The Morgan fingerprint density at radius 1 is 1.45 bits per heavy atom. The summed E-state index contributed by atoms with van der Waals surface area (Å²) in [5, 5.41) is 9.05. The number of hydrogen-bond acceptors (Lipinski definition) is 4. The van der Waals surface area contributed by atoms with E-state index in [-0.39, 0.29) is 0 Å². The summed E-state index contributed by atoms with van der Waals surface area (Å²) in [6.45, 7) is 6.31. The van der Waals surface area contributed by atoms with Crippen LogP contribution in [0.5, 0.6) is 11.5 Å². The number of nitrogens with zero attached hydrogens (tertiary/aromatic N) is 1. The second-order valence-corrected chi connectivity index (χ2v) is 4.47. The van der Waals surface area contributed by atoms with Crippen molar-refractivity contribution >= 4 is 11.7 Å². The molecular formula is C15H21NO4. The lowest BCUT2D eigenvalue weighted by molar-refractivity contribution is -0.140. The molecule has 20 heavy (non-hydrogen) atoms. The number of anilines is 1. The number of carboxylic acids is 1. The molecule has 0 heterocycles. The van der Waals surface area contributed by atoms with Gasteiger partial charge in [-0.3, -0.25) is 4.79 Å². The van der Waals surface area contributed by atoms with Crippen LogP contribution in [0.3, 0.4) is 0 Å². The zero-order valence-electron chi connectivity index (χ0n) is 12.1. The summed E-state index contributed by atoms with van der Waals surface area (Å²) in [5.74, 6) is 0.0209. The maximum Gasteiger partial charge on any atom is 0.308 e. The first-order valence-electron chi connectivity index (χ1n) is 6.34. The highest BCUT2D eigenvalue weighted by molar-refractivity contribution is 5.71. The molecule has 0 spiro atoms. The van der Waals surface area contributed by atoms with E-state index in [1.807, 2.05) is 17.0 Å². The second-order valence-electron chi connectivity index (χ2n) is 4.47. The summed E-state index contributed by atoms with van der Waals surface area (Å²) in [4.78, 5) is 12.9. The molecule has 1 unspecified atom stereocenters. The fourth-order valence-corrected chi connectivity index (χ4v) is 1.88. The summed E-state index contributed by atoms with van der Waals surface area (Å²) in [6.07, 6.45) is 1.73. The minimum absolute atomic E-state index is 0.379. The van der Waals surface area contributed by atoms with Gasteiger partial charge in [0.2, 0.25) is 0 Å². The fourth-order valence-electron chi connectivity index (χ4n) is 1.88. The second kappa shape index (κ2) is 7.43. The van der Waals surface area contributed by atoms with Crippen molar-refractivity contribution in [3.8, 4) is 11.5 Å². The molecule has 1 aromatic rings. The van der Waals surface area contributed by atoms with Gasteiger partial charge in [0.15, 0.2) is 0 Å². The van der Waals surface area contributed by atoms with E-state index in [1.165, 1.54) is 0 Å². The van der Waals surface area contributed by atoms with E-state index in [2.05, 4.69) is 6.58 Å². The molecule has 0 saturated carbocycles. The number of benzene rings is 1. The SMILES string of the molecule is C=CCN(CC(C)C(=O)O)c1ccc(OC)cc1OC. The zero-order valence-corrected chi connectivity index (χ0v) is 12.1. The van der Waals surface area contributed by atoms with Gasteiger partial charge in [0.25, 0.3) is 0 Å². The Balaban J connectivity index is 3.07. The van der Waals surface area contributed by atoms with Gasteiger partial charge in [-0.2, -0.15) is 0 Å². The summed E-state index contributed by atoms with van der Waals surface area (Å²) in [6, 6.07) is 5.45. The third-order valence-electron chi connectivity index (χ3n) is 2.99. The number of carbonyl (C=O) groups is 1. The first kappa shape index (κ1) is 15.9. The molecule has 1 aromatic carbocycles. The van der Waals surface area contributed by atoms with Crippen molar-refractivity contribution in [1.82, 2.24) is 0 Å². The minimum Gasteiger partial charge on any atom is -0.497 e. The van der Waals surface area contributed by atoms with E-state index < -0.39 is 11.9 Å². The summed E-state index contributed by atoms with van der Waals surface area (Å²) >= 11 is 0. The Bertz CT molecular complexity index is 473. The van der Waals surface area contributed by atoms with Gasteiger partial charge in [0.05, 0.1) is 25.8 Å². The van der Waals surface area contributed by atoms with Gasteiger partial charge in [-0.25, -0.2) is 0 Å². The predicted octanol–water partition coefficient (Wildman–Crippen LogP) is 2.42. The molecule has 0 aliphatic carbocycles. The van der Waals surface area contributed by atoms with E-state index >= 15 is 0 Å². The molecule has 110 valence electrons. The van der Waals surface area contributed by atoms with E-state index in [0.29, 0.717) is 24.6 Å². The van der Waals surface area contributed by atoms with Crippen LogP contribution in [0.1, 0.15) is 6.92 Å². The maximum absolute atomic E-state index is 11.0. The summed E-state index contributed by atoms with van der Waals surface area (Å²) in [5.41, 5.74) is 0.821. The molecule has 1 atom stereocenters. The van der Waals surface area contributed by atoms with Crippen LogP contribution in [0.2, 0.25) is 0 Å². The van der Waals surface area contributed by atoms with E-state index in [0.717, 1.165) is 5.69 Å². The van der Waals surface area contributed by atoms with E-state index in [1.54, 1.807) is 33.3 Å². The Hall–Kier alpha value is -2.17. The third kappa shape index (κ3) is 3.91. The standard InChI is InChI=1S/C15H21NO4/c1-5-8-16(10-11(2)15(17)18)13-7-6-12(19-3)9-14(13)20-4/h5-7,9,11H,1,8,10H2,2-4H3,(H,17,18). The zero-order chi connectivity index (χ0) is 15.1. The van der Waals surface area contributed by atoms with E-state index in [4.69, 9.17) is 14.6 Å². The quantitative estimate of drug-likeness (QED) is 0.741. The van der Waals surface area contributed by atoms with Gasteiger partial charge >= 0.3 is 5.97 Å². The van der Waals surface area contributed by atoms with Crippen molar-refractivity contribution in [3.63, 3.8) is 0 Å². The molecule has 0 aliphatic heterocycles. The van der Waals surface area contributed by atoms with Crippen molar-refractivity contribution in [1.29, 1.82) is 0 Å². The van der Waals surface area contributed by atoms with Crippen LogP contribution in [-0.4, -0.2) is 38.4 Å². The average molecular weight is 279 g/mol. The number of methoxy groups -OCH3 is 2. The number of ether oxygens (including phenoxy) is 2. The van der Waals surface area contributed by atoms with Gasteiger partial charge in [0.1, 0.15) is 11.5 Å². The van der Waals surface area contributed by atoms with Crippen LogP contribution >= 0.6 is 0 Å². The topological polar surface area (TPSA) is 59.0 Å². The van der Waals surface area contributed by atoms with Gasteiger partial charge in [-0.05, 0) is 12.1 Å². The lowest BCUT2D eigenvalue weighted by Gasteiger charge is -2.27. The molecular weight excluding hydrogens is 258 g/mol. The minimum atomic E-state index is -0.827. The van der Waals surface area contributed by atoms with Crippen molar-refractivity contribution in [2.24, 2.45) is 5.92 Å². The van der Waals surface area contributed by atoms with Crippen LogP contribution in [-0.2, 0) is 4.79 Å². The molecule has 0 radical (unpaired) electrons. The largest absolute Gasteiger partial charge is 0.497 e. The normalized spacial score (nSPS) is 11.6. The van der Waals surface area contributed by atoms with Crippen LogP contribution < -0.4 is 14.4 Å². The van der Waals surface area contributed by atoms with Crippen molar-refractivity contribution < 1.29 is 19.4 Å². The van der Waals surface area contributed by atoms with E-state index in [9.17, 15) is 4.79 Å². The van der Waals surface area contributed by atoms with Crippen LogP contribution in [0, 0.1) is 5.92 Å². The Morgan fingerprint density at radius 3 is 2.65 bits per heavy atom. The third-order valence-corrected chi connectivity index (χ3v) is 2.99. The molecule has 0 aliphatic rings. The Morgan fingerprint density at radius 2 is 2.15 bits per heavy atom. The molecule has 0 aromatic heterocycles. The highest BCUT2D eigenvalue weighted by Gasteiger charge is 2.18. The van der Waals surface area contributed by atoms with Gasteiger partial charge < -0.3 is 19.5 Å². The monoisotopic (exact) mass is 279 g/mol. The smallest absolute Gasteiger partial charge is 0.308 e. The first-order chi connectivity index (χ1) is 9.53. The molecule has 0 fully saturated rings. The highest BCUT2D eigenvalue weighted by atomic mass is 16.5. The van der Waals surface area contributed by atoms with Gasteiger partial charge in [-0.15, -0.1) is 6.58 Å². The molecule has 0 bridgehead atoms. The average Bonchev–Trinajstić information content (AvgIpc) is 2.45. The van der Waals surface area contributed by atoms with Gasteiger partial charge in [-0.1, -0.05) is 13.0 Å². The Labute approximate surface area is 119 Å². The first-order valence-corrected chi connectivity index (χ1v) is 6.34. The lowest BCUT2D eigenvalue weighted by atomic mass is 10.1. The van der Waals surface area contributed by atoms with Crippen molar-refractivity contribution in [2.45, 2.75) is 6.92 Å². The fraction of sp³-hybridized carbons (Fsp3) is 0.400. The summed E-state index contributed by atoms with van der Waals surface area (Å²) in [7, 11) is 3.16. The summed E-state index contributed by atoms with van der Waals surface area (Å²) < 4.78 is 10.5. The number of hydrogen-bond donors (Lipinski definition) is 1. The number of aliphatic carboxylic acids is 1. The highest BCUT2D eigenvalue weighted by Crippen LogP contribution is 2.32. The molecule has 1 rings (SSSR count). The van der Waals surface area contributed by atoms with Crippen LogP contribution in [0.15, 0.2) is 30.9 Å². The van der Waals surface area contributed by atoms with Crippen molar-refractivity contribution in [2.75, 3.05) is 32.2 Å². The molecule has 0 saturated heterocycles. The van der Waals surface area contributed by atoms with Crippen LogP contribution in [0.25, 0.3) is 0 Å². The Kier molecular flexibility index (Phi) is 5.90. The number of carboxylic acid groups (broad SMARTS) is 1. The molecule has 5 heteroatoms. The maximum atomic E-state index is 11.0. The van der Waals surface area contributed by atoms with Crippen LogP contribution in [0.4, 0.5) is 5.69 Å². The predicted molar refractivity (Wildman–Crippen MR) is 78.8 cm³/mol. The molecule has 1 N–H and O–H groups in total.